The third-order valence-electron chi connectivity index (χ3n) is 7.42. The lowest BCUT2D eigenvalue weighted by Crippen LogP contribution is -2.43. The van der Waals surface area contributed by atoms with Gasteiger partial charge in [-0.2, -0.15) is 8.78 Å². The number of aliphatic hydroxyl groups excluding tert-OH is 1. The minimum Gasteiger partial charge on any atom is -0.488 e. The number of para-hydroxylation sites is 1. The lowest BCUT2D eigenvalue weighted by atomic mass is 10.1. The van der Waals surface area contributed by atoms with Gasteiger partial charge >= 0.3 is 13.0 Å². The number of aliphatic hydroxyl groups is 1. The number of aromatic nitrogens is 4. The van der Waals surface area contributed by atoms with Crippen LogP contribution in [0.25, 0.3) is 11.2 Å². The largest absolute Gasteiger partial charge is 0.488 e. The molecule has 6 atom stereocenters. The first kappa shape index (κ1) is 30.2. The molecule has 4 N–H and O–H groups in total. The van der Waals surface area contributed by atoms with Crippen LogP contribution < -0.4 is 10.5 Å². The first-order valence-corrected chi connectivity index (χ1v) is 15.2. The van der Waals surface area contributed by atoms with Crippen molar-refractivity contribution in [3.05, 3.63) is 78.4 Å². The number of ketones is 1. The molecule has 0 bridgehead atoms. The van der Waals surface area contributed by atoms with Crippen molar-refractivity contribution in [1.82, 2.24) is 19.5 Å². The summed E-state index contributed by atoms with van der Waals surface area (Å²) in [5.74, 6) is -6.23. The molecule has 4 heterocycles. The molecule has 2 aliphatic heterocycles. The summed E-state index contributed by atoms with van der Waals surface area (Å²) < 4.78 is 69.7. The maximum Gasteiger partial charge on any atom is 0.385 e. The van der Waals surface area contributed by atoms with Gasteiger partial charge in [-0.25, -0.2) is 15.0 Å². The van der Waals surface area contributed by atoms with Crippen LogP contribution in [-0.2, 0) is 25.4 Å². The molecule has 2 saturated heterocycles. The topological polar surface area (TPSA) is 181 Å². The quantitative estimate of drug-likeness (QED) is 0.181. The number of nitrogen functional groups attached to an aromatic ring is 1. The number of ether oxygens (including phenoxy) is 4. The third kappa shape index (κ3) is 5.05. The average molecular weight is 632 g/mol. The Labute approximate surface area is 249 Å². The number of fused-ring (bicyclic) bond motifs is 2. The van der Waals surface area contributed by atoms with Gasteiger partial charge in [-0.15, -0.1) is 0 Å². The fraction of sp³-hybridized carbons (Fsp3) is 0.357. The van der Waals surface area contributed by atoms with E-state index in [0.29, 0.717) is 5.56 Å². The Morgan fingerprint density at radius 3 is 2.55 bits per heavy atom. The summed E-state index contributed by atoms with van der Waals surface area (Å²) in [4.78, 5) is 36.2. The number of carbonyl (C=O) groups excluding carboxylic acids is 1. The van der Waals surface area contributed by atoms with E-state index in [-0.39, 0.29) is 29.3 Å². The molecule has 2 unspecified atom stereocenters. The van der Waals surface area contributed by atoms with Crippen molar-refractivity contribution >= 4 is 30.1 Å². The zero-order valence-electron chi connectivity index (χ0n) is 23.4. The molecule has 6 rings (SSSR count). The Bertz CT molecular complexity index is 1760. The van der Waals surface area contributed by atoms with E-state index in [4.69, 9.17) is 24.7 Å². The van der Waals surface area contributed by atoms with E-state index >= 15 is 8.78 Å². The Balaban J connectivity index is 1.29. The number of rotatable bonds is 9. The lowest BCUT2D eigenvalue weighted by Gasteiger charge is -2.31. The third-order valence-corrected chi connectivity index (χ3v) is 9.44. The molecular formula is C28H28F2N5O8P. The first-order chi connectivity index (χ1) is 20.8. The predicted octanol–water partition coefficient (Wildman–Crippen LogP) is 3.47. The van der Waals surface area contributed by atoms with Crippen LogP contribution in [0.1, 0.15) is 36.0 Å². The zero-order chi connectivity index (χ0) is 31.4. The smallest absolute Gasteiger partial charge is 0.385 e. The number of hydrogen-bond acceptors (Lipinski definition) is 11. The summed E-state index contributed by atoms with van der Waals surface area (Å²) in [7, 11) is -6.12. The summed E-state index contributed by atoms with van der Waals surface area (Å²) in [5, 5.41) is 11.1. The van der Waals surface area contributed by atoms with E-state index in [2.05, 4.69) is 15.0 Å². The molecule has 0 saturated carbocycles. The van der Waals surface area contributed by atoms with Crippen LogP contribution in [-0.4, -0.2) is 70.9 Å². The van der Waals surface area contributed by atoms with Gasteiger partial charge in [-0.1, -0.05) is 42.5 Å². The van der Waals surface area contributed by atoms with E-state index in [1.165, 1.54) is 35.4 Å². The molecule has 232 valence electrons. The summed E-state index contributed by atoms with van der Waals surface area (Å²) >= 11 is 0. The van der Waals surface area contributed by atoms with Crippen molar-refractivity contribution in [2.45, 2.75) is 62.3 Å². The molecule has 2 aliphatic rings. The molecule has 0 spiro atoms. The molecule has 13 nitrogen and oxygen atoms in total. The van der Waals surface area contributed by atoms with E-state index < -0.39 is 60.6 Å². The Morgan fingerprint density at radius 2 is 1.80 bits per heavy atom. The molecule has 2 aromatic carbocycles. The normalized spacial score (nSPS) is 25.0. The van der Waals surface area contributed by atoms with Crippen LogP contribution in [0.3, 0.4) is 0 Å². The fourth-order valence-electron chi connectivity index (χ4n) is 5.32. The number of benzene rings is 2. The summed E-state index contributed by atoms with van der Waals surface area (Å²) in [6.07, 6.45) is -2.91. The van der Waals surface area contributed by atoms with Crippen LogP contribution in [0.4, 0.5) is 14.6 Å². The minimum atomic E-state index is -6.12. The molecular weight excluding hydrogens is 603 g/mol. The summed E-state index contributed by atoms with van der Waals surface area (Å²) in [5.41, 5.74) is 1.41. The van der Waals surface area contributed by atoms with Crippen molar-refractivity contribution in [1.29, 1.82) is 0 Å². The maximum absolute atomic E-state index is 15.8. The van der Waals surface area contributed by atoms with Gasteiger partial charge in [0.25, 0.3) is 0 Å². The Kier molecular flexibility index (Phi) is 7.51. The van der Waals surface area contributed by atoms with Gasteiger partial charge in [0.05, 0.1) is 11.9 Å². The number of hydrogen-bond donors (Lipinski definition) is 3. The molecule has 0 radical (unpaired) electrons. The highest BCUT2D eigenvalue weighted by molar-refractivity contribution is 7.61. The highest BCUT2D eigenvalue weighted by atomic mass is 31.2. The van der Waals surface area contributed by atoms with Gasteiger partial charge in [-0.05, 0) is 31.5 Å². The number of carbonyl (C=O) groups is 1. The van der Waals surface area contributed by atoms with E-state index in [9.17, 15) is 19.4 Å². The number of anilines is 1. The fourth-order valence-corrected chi connectivity index (χ4v) is 6.70. The summed E-state index contributed by atoms with van der Waals surface area (Å²) in [6, 6.07) is 13.9. The maximum atomic E-state index is 15.8. The molecule has 16 heteroatoms. The van der Waals surface area contributed by atoms with Crippen LogP contribution in [0, 0.1) is 0 Å². The number of Topliss-reactive ketones (excluding diaryl/α,β-unsaturated/α-hetero) is 1. The van der Waals surface area contributed by atoms with Crippen molar-refractivity contribution in [3.63, 3.8) is 0 Å². The van der Waals surface area contributed by atoms with Gasteiger partial charge in [0, 0.05) is 0 Å². The molecule has 2 fully saturated rings. The van der Waals surface area contributed by atoms with Gasteiger partial charge in [-0.3, -0.25) is 13.9 Å². The van der Waals surface area contributed by atoms with Crippen molar-refractivity contribution in [3.8, 4) is 5.75 Å². The van der Waals surface area contributed by atoms with Gasteiger partial charge in [0.2, 0.25) is 5.78 Å². The molecule has 2 aromatic heterocycles. The summed E-state index contributed by atoms with van der Waals surface area (Å²) in [6.45, 7) is 3.03. The average Bonchev–Trinajstić information content (AvgIpc) is 3.67. The second-order valence-electron chi connectivity index (χ2n) is 10.8. The van der Waals surface area contributed by atoms with Gasteiger partial charge < -0.3 is 34.7 Å². The van der Waals surface area contributed by atoms with Gasteiger partial charge in [0.15, 0.2) is 29.3 Å². The van der Waals surface area contributed by atoms with Crippen LogP contribution >= 0.6 is 7.37 Å². The SMILES string of the molecule is CC1(C)O[C@@H]2[C@H](O1)[C@@H](C(O)P(=O)(O)C(F)(F)C(=O)c1ccccc1OCc1ccccc1)O[C@H]2n1cnc2c(N)ncnc21. The van der Waals surface area contributed by atoms with E-state index in [1.54, 1.807) is 44.2 Å². The number of nitrogens with zero attached hydrogens (tertiary/aromatic N) is 4. The van der Waals surface area contributed by atoms with Crippen molar-refractivity contribution < 1.29 is 47.1 Å². The van der Waals surface area contributed by atoms with E-state index in [0.717, 1.165) is 6.07 Å². The molecule has 4 aromatic rings. The standard InChI is InChI=1S/C28H28F2N5O8P/c1-27(2)42-19-20(43-27)25(35-14-34-18-23(31)32-13-33-24(18)35)41-21(19)26(37)44(38,39)28(29,30)22(36)16-10-6-7-11-17(16)40-12-15-8-4-3-5-9-15/h3-11,13-14,19-21,25-26,37H,12H2,1-2H3,(H,38,39)(H2,31,32,33)/t19-,20+,21-,25+,26?/m0/s1. The van der Waals surface area contributed by atoms with Crippen molar-refractivity contribution in [2.24, 2.45) is 0 Å². The Morgan fingerprint density at radius 1 is 1.11 bits per heavy atom. The number of halogens is 2. The molecule has 44 heavy (non-hydrogen) atoms. The van der Waals surface area contributed by atoms with Gasteiger partial charge in [0.1, 0.15) is 42.5 Å². The van der Waals surface area contributed by atoms with Crippen LogP contribution in [0.15, 0.2) is 67.3 Å². The zero-order valence-corrected chi connectivity index (χ0v) is 24.3. The lowest BCUT2D eigenvalue weighted by molar-refractivity contribution is -0.202. The Hall–Kier alpha value is -3.85. The highest BCUT2D eigenvalue weighted by Gasteiger charge is 2.67. The minimum absolute atomic E-state index is 0.0525. The van der Waals surface area contributed by atoms with Crippen LogP contribution in [0.5, 0.6) is 5.75 Å². The molecule has 0 amide bonds. The molecule has 0 aliphatic carbocycles. The van der Waals surface area contributed by atoms with E-state index in [1.807, 2.05) is 0 Å². The first-order valence-electron chi connectivity index (χ1n) is 13.4. The number of imidazole rings is 1. The number of alkyl halides is 2. The van der Waals surface area contributed by atoms with Crippen molar-refractivity contribution in [2.75, 3.05) is 5.73 Å². The second kappa shape index (κ2) is 10.9. The van der Waals surface area contributed by atoms with Crippen LogP contribution in [0.2, 0.25) is 0 Å². The highest BCUT2D eigenvalue weighted by Crippen LogP contribution is 2.64. The predicted molar refractivity (Wildman–Crippen MR) is 150 cm³/mol. The second-order valence-corrected chi connectivity index (χ2v) is 13.2. The monoisotopic (exact) mass is 631 g/mol. The number of nitrogens with two attached hydrogens (primary N) is 1.